The van der Waals surface area contributed by atoms with Crippen molar-refractivity contribution in [2.75, 3.05) is 25.4 Å². The molecule has 0 radical (unpaired) electrons. The Kier molecular flexibility index (Phi) is 12.8. The fraction of sp³-hybridized carbons (Fsp3) is 0.350. The number of benzene rings is 2. The second kappa shape index (κ2) is 14.2. The van der Waals surface area contributed by atoms with Crippen LogP contribution in [0.1, 0.15) is 24.2 Å². The number of hydrogen-bond acceptors (Lipinski definition) is 3. The van der Waals surface area contributed by atoms with Crippen LogP contribution in [0.2, 0.25) is 10.0 Å². The first kappa shape index (κ1) is 26.2. The lowest BCUT2D eigenvalue weighted by molar-refractivity contribution is 0.187. The maximum atomic E-state index is 12.2. The molecule has 0 bridgehead atoms. The number of aliphatic imine (C=N–C) groups is 1. The SMILES string of the molecule is CCNC(=NCC(O)c1cc(Cl)cc(Cl)c1)NCCS(=O)Cc1ccccc1.I. The largest absolute Gasteiger partial charge is 0.386 e. The van der Waals surface area contributed by atoms with Crippen LogP contribution in [0.5, 0.6) is 0 Å². The summed E-state index contributed by atoms with van der Waals surface area (Å²) in [5, 5.41) is 17.5. The van der Waals surface area contributed by atoms with Crippen LogP contribution in [-0.4, -0.2) is 40.7 Å². The minimum absolute atomic E-state index is 0. The summed E-state index contributed by atoms with van der Waals surface area (Å²) < 4.78 is 12.2. The molecule has 2 atom stereocenters. The van der Waals surface area contributed by atoms with E-state index in [0.717, 1.165) is 5.56 Å². The van der Waals surface area contributed by atoms with Crippen LogP contribution >= 0.6 is 47.2 Å². The molecule has 0 aliphatic carbocycles. The molecule has 29 heavy (non-hydrogen) atoms. The molecule has 0 fully saturated rings. The quantitative estimate of drug-likeness (QED) is 0.241. The summed E-state index contributed by atoms with van der Waals surface area (Å²) >= 11 is 12.0. The fourth-order valence-electron chi connectivity index (χ4n) is 2.51. The van der Waals surface area contributed by atoms with Crippen molar-refractivity contribution in [3.05, 3.63) is 69.7 Å². The molecule has 2 rings (SSSR count). The summed E-state index contributed by atoms with van der Waals surface area (Å²) in [5.41, 5.74) is 1.67. The molecule has 0 aromatic heterocycles. The number of nitrogens with zero attached hydrogens (tertiary/aromatic N) is 1. The van der Waals surface area contributed by atoms with Gasteiger partial charge in [-0.3, -0.25) is 9.20 Å². The van der Waals surface area contributed by atoms with E-state index < -0.39 is 16.9 Å². The molecule has 0 aliphatic rings. The first-order valence-corrected chi connectivity index (χ1v) is 11.3. The van der Waals surface area contributed by atoms with E-state index in [0.29, 0.717) is 46.2 Å². The molecule has 0 spiro atoms. The van der Waals surface area contributed by atoms with Gasteiger partial charge in [0, 0.05) is 45.4 Å². The van der Waals surface area contributed by atoms with Gasteiger partial charge in [-0.1, -0.05) is 53.5 Å². The van der Waals surface area contributed by atoms with Gasteiger partial charge in [-0.15, -0.1) is 24.0 Å². The second-order valence-electron chi connectivity index (χ2n) is 6.14. The van der Waals surface area contributed by atoms with E-state index in [-0.39, 0.29) is 30.5 Å². The number of halogens is 3. The van der Waals surface area contributed by atoms with E-state index in [2.05, 4.69) is 15.6 Å². The Hall–Kier alpha value is -0.870. The Labute approximate surface area is 201 Å². The molecule has 0 amide bonds. The maximum absolute atomic E-state index is 12.2. The average molecular weight is 570 g/mol. The first-order chi connectivity index (χ1) is 13.5. The van der Waals surface area contributed by atoms with Gasteiger partial charge in [0.05, 0.1) is 12.6 Å². The van der Waals surface area contributed by atoms with Crippen molar-refractivity contribution in [2.24, 2.45) is 4.99 Å². The zero-order valence-electron chi connectivity index (χ0n) is 16.1. The molecule has 2 unspecified atom stereocenters. The lowest BCUT2D eigenvalue weighted by Crippen LogP contribution is -2.39. The van der Waals surface area contributed by atoms with E-state index in [4.69, 9.17) is 23.2 Å². The highest BCUT2D eigenvalue weighted by atomic mass is 127. The highest BCUT2D eigenvalue weighted by Crippen LogP contribution is 2.23. The van der Waals surface area contributed by atoms with Crippen LogP contribution in [0.15, 0.2) is 53.5 Å². The van der Waals surface area contributed by atoms with E-state index in [1.807, 2.05) is 37.3 Å². The van der Waals surface area contributed by atoms with Crippen LogP contribution in [-0.2, 0) is 16.6 Å². The lowest BCUT2D eigenvalue weighted by atomic mass is 10.1. The van der Waals surface area contributed by atoms with Gasteiger partial charge in [-0.25, -0.2) is 0 Å². The van der Waals surface area contributed by atoms with Crippen molar-refractivity contribution in [3.63, 3.8) is 0 Å². The van der Waals surface area contributed by atoms with Gasteiger partial charge < -0.3 is 15.7 Å². The van der Waals surface area contributed by atoms with Crippen molar-refractivity contribution in [3.8, 4) is 0 Å². The molecule has 0 aliphatic heterocycles. The van der Waals surface area contributed by atoms with Crippen LogP contribution in [0.4, 0.5) is 0 Å². The van der Waals surface area contributed by atoms with E-state index in [1.165, 1.54) is 0 Å². The van der Waals surface area contributed by atoms with Gasteiger partial charge in [0.2, 0.25) is 0 Å². The predicted octanol–water partition coefficient (Wildman–Crippen LogP) is 4.15. The van der Waals surface area contributed by atoms with Crippen LogP contribution < -0.4 is 10.6 Å². The third kappa shape index (κ3) is 10.1. The Morgan fingerprint density at radius 1 is 1.14 bits per heavy atom. The van der Waals surface area contributed by atoms with Crippen LogP contribution in [0, 0.1) is 0 Å². The van der Waals surface area contributed by atoms with E-state index in [9.17, 15) is 9.32 Å². The number of hydrogen-bond donors (Lipinski definition) is 3. The topological polar surface area (TPSA) is 73.7 Å². The molecular formula is C20H26Cl2IN3O2S. The van der Waals surface area contributed by atoms with Crippen molar-refractivity contribution in [1.82, 2.24) is 10.6 Å². The minimum Gasteiger partial charge on any atom is -0.386 e. The fourth-order valence-corrected chi connectivity index (χ4v) is 4.09. The summed E-state index contributed by atoms with van der Waals surface area (Å²) in [6.07, 6.45) is -0.820. The number of nitrogens with one attached hydrogen (secondary N) is 2. The molecule has 0 saturated heterocycles. The summed E-state index contributed by atoms with van der Waals surface area (Å²) in [6.45, 7) is 3.30. The Morgan fingerprint density at radius 3 is 2.41 bits per heavy atom. The first-order valence-electron chi connectivity index (χ1n) is 9.03. The molecule has 9 heteroatoms. The van der Waals surface area contributed by atoms with Gasteiger partial charge in [0.1, 0.15) is 0 Å². The van der Waals surface area contributed by atoms with Crippen molar-refractivity contribution >= 4 is 63.9 Å². The molecule has 3 N–H and O–H groups in total. The highest BCUT2D eigenvalue weighted by molar-refractivity contribution is 14.0. The number of aliphatic hydroxyl groups is 1. The predicted molar refractivity (Wildman–Crippen MR) is 134 cm³/mol. The van der Waals surface area contributed by atoms with Crippen molar-refractivity contribution in [1.29, 1.82) is 0 Å². The molecule has 5 nitrogen and oxygen atoms in total. The molecule has 160 valence electrons. The van der Waals surface area contributed by atoms with Gasteiger partial charge in [-0.2, -0.15) is 0 Å². The molecule has 2 aromatic carbocycles. The smallest absolute Gasteiger partial charge is 0.191 e. The summed E-state index contributed by atoms with van der Waals surface area (Å²) in [5.74, 6) is 1.60. The Balaban J connectivity index is 0.00000420. The maximum Gasteiger partial charge on any atom is 0.191 e. The summed E-state index contributed by atoms with van der Waals surface area (Å²) in [4.78, 5) is 4.39. The number of guanidine groups is 1. The Morgan fingerprint density at radius 2 is 1.79 bits per heavy atom. The molecule has 0 saturated carbocycles. The normalized spacial score (nSPS) is 13.3. The van der Waals surface area contributed by atoms with E-state index in [1.54, 1.807) is 18.2 Å². The molecule has 0 heterocycles. The third-order valence-electron chi connectivity index (χ3n) is 3.83. The molecule has 2 aromatic rings. The zero-order valence-corrected chi connectivity index (χ0v) is 20.8. The van der Waals surface area contributed by atoms with E-state index >= 15 is 0 Å². The zero-order chi connectivity index (χ0) is 20.4. The monoisotopic (exact) mass is 569 g/mol. The minimum atomic E-state index is -0.963. The van der Waals surface area contributed by atoms with Gasteiger partial charge in [0.15, 0.2) is 5.96 Å². The summed E-state index contributed by atoms with van der Waals surface area (Å²) in [6, 6.07) is 14.7. The highest BCUT2D eigenvalue weighted by Gasteiger charge is 2.10. The lowest BCUT2D eigenvalue weighted by Gasteiger charge is -2.14. The number of aliphatic hydroxyl groups excluding tert-OH is 1. The Bertz CT molecular complexity index is 789. The van der Waals surface area contributed by atoms with Crippen LogP contribution in [0.25, 0.3) is 0 Å². The number of rotatable bonds is 9. The van der Waals surface area contributed by atoms with Crippen LogP contribution in [0.3, 0.4) is 0 Å². The second-order valence-corrected chi connectivity index (χ2v) is 8.59. The summed E-state index contributed by atoms with van der Waals surface area (Å²) in [7, 11) is -0.963. The van der Waals surface area contributed by atoms with Gasteiger partial charge in [0.25, 0.3) is 0 Å². The third-order valence-corrected chi connectivity index (χ3v) is 5.58. The van der Waals surface area contributed by atoms with Gasteiger partial charge in [-0.05, 0) is 36.2 Å². The average Bonchev–Trinajstić information content (AvgIpc) is 2.66. The van der Waals surface area contributed by atoms with Crippen molar-refractivity contribution < 1.29 is 9.32 Å². The molecular weight excluding hydrogens is 544 g/mol. The van der Waals surface area contributed by atoms with Crippen molar-refractivity contribution in [2.45, 2.75) is 18.8 Å². The standard InChI is InChI=1S/C20H25Cl2N3O2S.HI/c1-2-23-20(24-8-9-28(27)14-15-6-4-3-5-7-15)25-13-19(26)16-10-17(21)12-18(22)11-16;/h3-7,10-12,19,26H,2,8-9,13-14H2,1H3,(H2,23,24,25);1H. The van der Waals surface area contributed by atoms with Gasteiger partial charge >= 0.3 is 0 Å².